The molecule has 7 nitrogen and oxygen atoms in total. The quantitative estimate of drug-likeness (QED) is 0.363. The lowest BCUT2D eigenvalue weighted by atomic mass is 10.1. The van der Waals surface area contributed by atoms with Crippen molar-refractivity contribution in [2.24, 2.45) is 5.10 Å². The van der Waals surface area contributed by atoms with E-state index in [1.54, 1.807) is 31.2 Å². The molecule has 3 aromatic rings. The molecule has 1 N–H and O–H groups in total. The van der Waals surface area contributed by atoms with Gasteiger partial charge in [-0.15, -0.1) is 0 Å². The maximum atomic E-state index is 13.4. The largest absolute Gasteiger partial charge is 0.494 e. The summed E-state index contributed by atoms with van der Waals surface area (Å²) in [6.07, 6.45) is 0. The number of nitrogens with zero attached hydrogens (tertiary/aromatic N) is 2. The molecule has 0 aliphatic carbocycles. The number of rotatable bonds is 9. The van der Waals surface area contributed by atoms with E-state index in [1.807, 2.05) is 57.2 Å². The normalized spacial score (nSPS) is 11.7. The van der Waals surface area contributed by atoms with Crippen LogP contribution in [0.4, 0.5) is 5.69 Å². The molecular formula is C26H29N3O4S. The first kappa shape index (κ1) is 25.0. The van der Waals surface area contributed by atoms with Gasteiger partial charge in [-0.3, -0.25) is 9.10 Å². The predicted octanol–water partition coefficient (Wildman–Crippen LogP) is 4.44. The molecule has 8 heteroatoms. The van der Waals surface area contributed by atoms with E-state index < -0.39 is 22.5 Å². The van der Waals surface area contributed by atoms with Crippen molar-refractivity contribution < 1.29 is 17.9 Å². The van der Waals surface area contributed by atoms with Gasteiger partial charge in [0.2, 0.25) is 0 Å². The Kier molecular flexibility index (Phi) is 8.07. The number of benzene rings is 3. The van der Waals surface area contributed by atoms with Crippen molar-refractivity contribution in [2.45, 2.75) is 32.6 Å². The van der Waals surface area contributed by atoms with Crippen molar-refractivity contribution in [3.63, 3.8) is 0 Å². The lowest BCUT2D eigenvalue weighted by Gasteiger charge is -2.25. The van der Waals surface area contributed by atoms with Crippen LogP contribution in [-0.2, 0) is 14.8 Å². The first-order valence-electron chi connectivity index (χ1n) is 10.9. The van der Waals surface area contributed by atoms with Gasteiger partial charge in [0.15, 0.2) is 0 Å². The highest BCUT2D eigenvalue weighted by Gasteiger charge is 2.28. The van der Waals surface area contributed by atoms with Crippen LogP contribution in [0.25, 0.3) is 0 Å². The van der Waals surface area contributed by atoms with Gasteiger partial charge in [0.05, 0.1) is 22.9 Å². The molecule has 0 spiro atoms. The smallest absolute Gasteiger partial charge is 0.264 e. The number of hydrogen-bond donors (Lipinski definition) is 1. The van der Waals surface area contributed by atoms with E-state index in [0.29, 0.717) is 18.0 Å². The van der Waals surface area contributed by atoms with E-state index in [-0.39, 0.29) is 4.90 Å². The fraction of sp³-hybridized carbons (Fsp3) is 0.231. The zero-order valence-electron chi connectivity index (χ0n) is 19.8. The van der Waals surface area contributed by atoms with Crippen LogP contribution in [0.1, 0.15) is 30.5 Å². The Labute approximate surface area is 201 Å². The van der Waals surface area contributed by atoms with Crippen LogP contribution in [0.5, 0.6) is 5.75 Å². The van der Waals surface area contributed by atoms with E-state index >= 15 is 0 Å². The molecule has 0 heterocycles. The summed E-state index contributed by atoms with van der Waals surface area (Å²) in [5.74, 6) is 0.197. The maximum absolute atomic E-state index is 13.4. The maximum Gasteiger partial charge on any atom is 0.264 e. The van der Waals surface area contributed by atoms with Crippen LogP contribution in [0.15, 0.2) is 82.8 Å². The molecule has 34 heavy (non-hydrogen) atoms. The second-order valence-electron chi connectivity index (χ2n) is 7.80. The molecule has 3 rings (SSSR count). The molecule has 3 aromatic carbocycles. The molecule has 0 bridgehead atoms. The van der Waals surface area contributed by atoms with Gasteiger partial charge in [-0.2, -0.15) is 5.10 Å². The third kappa shape index (κ3) is 6.02. The van der Waals surface area contributed by atoms with Gasteiger partial charge >= 0.3 is 0 Å². The minimum Gasteiger partial charge on any atom is -0.494 e. The minimum absolute atomic E-state index is 0.108. The topological polar surface area (TPSA) is 88.1 Å². The highest BCUT2D eigenvalue weighted by molar-refractivity contribution is 7.92. The lowest BCUT2D eigenvalue weighted by Crippen LogP contribution is -2.40. The highest BCUT2D eigenvalue weighted by atomic mass is 32.2. The van der Waals surface area contributed by atoms with Crippen molar-refractivity contribution in [1.82, 2.24) is 5.43 Å². The summed E-state index contributed by atoms with van der Waals surface area (Å²) in [7, 11) is -3.98. The lowest BCUT2D eigenvalue weighted by molar-refractivity contribution is -0.119. The average Bonchev–Trinajstić information content (AvgIpc) is 2.82. The monoisotopic (exact) mass is 479 g/mol. The van der Waals surface area contributed by atoms with Gasteiger partial charge in [-0.05, 0) is 81.3 Å². The third-order valence-corrected chi connectivity index (χ3v) is 6.94. The molecule has 1 amide bonds. The zero-order chi connectivity index (χ0) is 24.7. The van der Waals surface area contributed by atoms with Crippen molar-refractivity contribution in [1.29, 1.82) is 0 Å². The molecule has 0 fully saturated rings. The van der Waals surface area contributed by atoms with Gasteiger partial charge in [0.25, 0.3) is 15.9 Å². The second-order valence-corrected chi connectivity index (χ2v) is 9.67. The van der Waals surface area contributed by atoms with E-state index in [0.717, 1.165) is 26.7 Å². The molecule has 0 aromatic heterocycles. The summed E-state index contributed by atoms with van der Waals surface area (Å²) in [6.45, 7) is 7.58. The molecule has 178 valence electrons. The Balaban J connectivity index is 1.84. The van der Waals surface area contributed by atoms with Crippen molar-refractivity contribution in [3.05, 3.63) is 89.5 Å². The van der Waals surface area contributed by atoms with Crippen LogP contribution in [0.3, 0.4) is 0 Å². The first-order valence-corrected chi connectivity index (χ1v) is 12.4. The van der Waals surface area contributed by atoms with Crippen LogP contribution in [0, 0.1) is 13.8 Å². The second kappa shape index (κ2) is 11.0. The standard InChI is InChI=1S/C26H29N3O4S/c1-5-33-23-14-12-22(13-15-23)21(4)27-28-26(30)18-29(25-16-11-19(2)17-20(25)3)34(31,32)24-9-7-6-8-10-24/h6-17H,5,18H2,1-4H3,(H,28,30)/b27-21-. The molecule has 0 saturated carbocycles. The fourth-order valence-corrected chi connectivity index (χ4v) is 4.95. The summed E-state index contributed by atoms with van der Waals surface area (Å²) < 4.78 is 33.5. The summed E-state index contributed by atoms with van der Waals surface area (Å²) >= 11 is 0. The minimum atomic E-state index is -3.98. The fourth-order valence-electron chi connectivity index (χ4n) is 3.44. The number of hydrogen-bond acceptors (Lipinski definition) is 5. The van der Waals surface area contributed by atoms with E-state index in [9.17, 15) is 13.2 Å². The van der Waals surface area contributed by atoms with Crippen LogP contribution < -0.4 is 14.5 Å². The molecule has 0 aliphatic rings. The Morgan fingerprint density at radius 2 is 1.68 bits per heavy atom. The predicted molar refractivity (Wildman–Crippen MR) is 135 cm³/mol. The first-order chi connectivity index (χ1) is 16.2. The number of carbonyl (C=O) groups is 1. The summed E-state index contributed by atoms with van der Waals surface area (Å²) in [6, 6.07) is 20.8. The molecule has 0 unspecified atom stereocenters. The zero-order valence-corrected chi connectivity index (χ0v) is 20.6. The van der Waals surface area contributed by atoms with Crippen LogP contribution >= 0.6 is 0 Å². The summed E-state index contributed by atoms with van der Waals surface area (Å²) in [5.41, 5.74) is 6.07. The average molecular weight is 480 g/mol. The number of carbonyl (C=O) groups excluding carboxylic acids is 1. The number of aryl methyl sites for hydroxylation is 2. The van der Waals surface area contributed by atoms with Crippen molar-refractivity contribution in [2.75, 3.05) is 17.5 Å². The van der Waals surface area contributed by atoms with E-state index in [1.165, 1.54) is 12.1 Å². The number of anilines is 1. The molecular weight excluding hydrogens is 450 g/mol. The SMILES string of the molecule is CCOc1ccc(/C(C)=N\NC(=O)CN(c2ccc(C)cc2C)S(=O)(=O)c2ccccc2)cc1. The molecule has 0 atom stereocenters. The van der Waals surface area contributed by atoms with Crippen LogP contribution in [-0.4, -0.2) is 33.2 Å². The highest BCUT2D eigenvalue weighted by Crippen LogP contribution is 2.27. The number of nitrogens with one attached hydrogen (secondary N) is 1. The number of amides is 1. The Hall–Kier alpha value is -3.65. The summed E-state index contributed by atoms with van der Waals surface area (Å²) in [4.78, 5) is 12.9. The van der Waals surface area contributed by atoms with Gasteiger partial charge in [0, 0.05) is 0 Å². The number of hydrazone groups is 1. The molecule has 0 saturated heterocycles. The van der Waals surface area contributed by atoms with Crippen molar-refractivity contribution >= 4 is 27.3 Å². The Morgan fingerprint density at radius 3 is 2.29 bits per heavy atom. The Morgan fingerprint density at radius 1 is 1.00 bits per heavy atom. The van der Waals surface area contributed by atoms with Crippen LogP contribution in [0.2, 0.25) is 0 Å². The molecule has 0 aliphatic heterocycles. The van der Waals surface area contributed by atoms with E-state index in [2.05, 4.69) is 10.5 Å². The summed E-state index contributed by atoms with van der Waals surface area (Å²) in [5, 5.41) is 4.16. The van der Waals surface area contributed by atoms with Crippen molar-refractivity contribution in [3.8, 4) is 5.75 Å². The number of sulfonamides is 1. The molecule has 0 radical (unpaired) electrons. The number of ether oxygens (including phenoxy) is 1. The Bertz CT molecular complexity index is 1270. The van der Waals surface area contributed by atoms with E-state index in [4.69, 9.17) is 4.74 Å². The van der Waals surface area contributed by atoms with Gasteiger partial charge in [0.1, 0.15) is 12.3 Å². The van der Waals surface area contributed by atoms with Gasteiger partial charge < -0.3 is 4.74 Å². The third-order valence-electron chi connectivity index (χ3n) is 5.17. The van der Waals surface area contributed by atoms with Gasteiger partial charge in [-0.1, -0.05) is 35.9 Å². The van der Waals surface area contributed by atoms with Gasteiger partial charge in [-0.25, -0.2) is 13.8 Å².